The Morgan fingerprint density at radius 3 is 2.35 bits per heavy atom. The van der Waals surface area contributed by atoms with Gasteiger partial charge in [-0.05, 0) is 42.5 Å². The molecule has 2 aromatic rings. The summed E-state index contributed by atoms with van der Waals surface area (Å²) in [5.74, 6) is 0.120. The average molecular weight is 355 g/mol. The molecule has 0 fully saturated rings. The van der Waals surface area contributed by atoms with Gasteiger partial charge in [-0.2, -0.15) is 0 Å². The highest BCUT2D eigenvalue weighted by Gasteiger charge is 2.11. The quantitative estimate of drug-likeness (QED) is 0.864. The molecule has 0 spiro atoms. The van der Waals surface area contributed by atoms with Crippen LogP contribution < -0.4 is 14.8 Å². The zero-order chi connectivity index (χ0) is 17.0. The van der Waals surface area contributed by atoms with Gasteiger partial charge in [0.25, 0.3) is 5.91 Å². The summed E-state index contributed by atoms with van der Waals surface area (Å²) >= 11 is 5.91. The third-order valence-electron chi connectivity index (χ3n) is 2.86. The average Bonchev–Trinajstić information content (AvgIpc) is 2.46. The Balaban J connectivity index is 2.17. The minimum absolute atomic E-state index is 0.364. The lowest BCUT2D eigenvalue weighted by Crippen LogP contribution is -2.13. The van der Waals surface area contributed by atoms with Crippen molar-refractivity contribution in [2.24, 2.45) is 0 Å². The van der Waals surface area contributed by atoms with E-state index in [9.17, 15) is 13.2 Å². The Morgan fingerprint density at radius 2 is 1.78 bits per heavy atom. The van der Waals surface area contributed by atoms with Gasteiger partial charge in [0, 0.05) is 16.3 Å². The number of hydrogen-bond acceptors (Lipinski definition) is 4. The van der Waals surface area contributed by atoms with E-state index in [2.05, 4.69) is 10.0 Å². The van der Waals surface area contributed by atoms with Crippen LogP contribution in [-0.4, -0.2) is 27.7 Å². The van der Waals surface area contributed by atoms with Gasteiger partial charge in [-0.1, -0.05) is 11.6 Å². The molecule has 23 heavy (non-hydrogen) atoms. The molecule has 0 saturated carbocycles. The summed E-state index contributed by atoms with van der Waals surface area (Å²) in [5, 5.41) is 3.17. The molecule has 8 heteroatoms. The molecule has 0 bridgehead atoms. The first-order chi connectivity index (χ1) is 10.8. The number of carbonyl (C=O) groups is 1. The van der Waals surface area contributed by atoms with Crippen LogP contribution in [0.5, 0.6) is 5.75 Å². The zero-order valence-electron chi connectivity index (χ0n) is 12.5. The first-order valence-electron chi connectivity index (χ1n) is 6.51. The number of carbonyl (C=O) groups excluding carboxylic acids is 1. The molecule has 122 valence electrons. The van der Waals surface area contributed by atoms with E-state index in [-0.39, 0.29) is 5.91 Å². The molecule has 0 aliphatic heterocycles. The SMILES string of the molecule is COc1ccc(Cl)cc1NC(=O)c1ccc(NS(C)(=O)=O)cc1. The summed E-state index contributed by atoms with van der Waals surface area (Å²) in [6, 6.07) is 10.9. The minimum Gasteiger partial charge on any atom is -0.495 e. The molecule has 1 amide bonds. The first-order valence-corrected chi connectivity index (χ1v) is 8.78. The Labute approximate surface area is 139 Å². The number of sulfonamides is 1. The molecule has 0 radical (unpaired) electrons. The molecule has 2 rings (SSSR count). The maximum absolute atomic E-state index is 12.2. The highest BCUT2D eigenvalue weighted by Crippen LogP contribution is 2.28. The Morgan fingerprint density at radius 1 is 1.13 bits per heavy atom. The van der Waals surface area contributed by atoms with Gasteiger partial charge < -0.3 is 10.1 Å². The number of benzene rings is 2. The molecule has 0 aromatic heterocycles. The van der Waals surface area contributed by atoms with E-state index < -0.39 is 10.0 Å². The van der Waals surface area contributed by atoms with Crippen molar-refractivity contribution in [2.45, 2.75) is 0 Å². The second-order valence-corrected chi connectivity index (χ2v) is 6.94. The number of halogens is 1. The predicted molar refractivity (Wildman–Crippen MR) is 90.9 cm³/mol. The van der Waals surface area contributed by atoms with Gasteiger partial charge in [-0.25, -0.2) is 8.42 Å². The first kappa shape index (κ1) is 17.1. The number of amides is 1. The van der Waals surface area contributed by atoms with Crippen molar-refractivity contribution in [3.8, 4) is 5.75 Å². The van der Waals surface area contributed by atoms with Crippen LogP contribution in [0.2, 0.25) is 5.02 Å². The lowest BCUT2D eigenvalue weighted by Gasteiger charge is -2.11. The summed E-state index contributed by atoms with van der Waals surface area (Å²) in [5.41, 5.74) is 1.19. The van der Waals surface area contributed by atoms with E-state index in [0.29, 0.717) is 27.7 Å². The fourth-order valence-corrected chi connectivity index (χ4v) is 2.61. The number of hydrogen-bond donors (Lipinski definition) is 2. The van der Waals surface area contributed by atoms with Crippen molar-refractivity contribution in [1.82, 2.24) is 0 Å². The zero-order valence-corrected chi connectivity index (χ0v) is 14.0. The van der Waals surface area contributed by atoms with Gasteiger partial charge in [-0.3, -0.25) is 9.52 Å². The van der Waals surface area contributed by atoms with Crippen molar-refractivity contribution in [2.75, 3.05) is 23.4 Å². The second-order valence-electron chi connectivity index (χ2n) is 4.75. The van der Waals surface area contributed by atoms with Crippen molar-refractivity contribution >= 4 is 38.9 Å². The number of methoxy groups -OCH3 is 1. The lowest BCUT2D eigenvalue weighted by atomic mass is 10.2. The third-order valence-corrected chi connectivity index (χ3v) is 3.70. The third kappa shape index (κ3) is 4.87. The molecule has 0 atom stereocenters. The van der Waals surface area contributed by atoms with Crippen LogP contribution in [0.1, 0.15) is 10.4 Å². The fourth-order valence-electron chi connectivity index (χ4n) is 1.88. The second kappa shape index (κ2) is 6.89. The fraction of sp³-hybridized carbons (Fsp3) is 0.133. The topological polar surface area (TPSA) is 84.5 Å². The maximum Gasteiger partial charge on any atom is 0.255 e. The van der Waals surface area contributed by atoms with Gasteiger partial charge in [-0.15, -0.1) is 0 Å². The van der Waals surface area contributed by atoms with E-state index in [4.69, 9.17) is 16.3 Å². The summed E-state index contributed by atoms with van der Waals surface area (Å²) in [6.07, 6.45) is 1.05. The van der Waals surface area contributed by atoms with E-state index in [1.165, 1.54) is 31.4 Å². The standard InChI is InChI=1S/C15H15ClN2O4S/c1-22-14-8-5-11(16)9-13(14)17-15(19)10-3-6-12(7-4-10)18-23(2,20)21/h3-9,18H,1-2H3,(H,17,19). The van der Waals surface area contributed by atoms with Gasteiger partial charge in [0.1, 0.15) is 5.75 Å². The Bertz CT molecular complexity index is 820. The van der Waals surface area contributed by atoms with Crippen LogP contribution in [-0.2, 0) is 10.0 Å². The molecule has 0 heterocycles. The van der Waals surface area contributed by atoms with Gasteiger partial charge >= 0.3 is 0 Å². The van der Waals surface area contributed by atoms with Gasteiger partial charge in [0.05, 0.1) is 19.1 Å². The van der Waals surface area contributed by atoms with Crippen LogP contribution >= 0.6 is 11.6 Å². The normalized spacial score (nSPS) is 10.9. The van der Waals surface area contributed by atoms with E-state index in [0.717, 1.165) is 6.26 Å². The molecule has 0 unspecified atom stereocenters. The van der Waals surface area contributed by atoms with E-state index in [1.807, 2.05) is 0 Å². The maximum atomic E-state index is 12.2. The van der Waals surface area contributed by atoms with Crippen LogP contribution in [0.25, 0.3) is 0 Å². The Hall–Kier alpha value is -2.25. The van der Waals surface area contributed by atoms with Crippen LogP contribution in [0.15, 0.2) is 42.5 Å². The monoisotopic (exact) mass is 354 g/mol. The highest BCUT2D eigenvalue weighted by atomic mass is 35.5. The smallest absolute Gasteiger partial charge is 0.255 e. The summed E-state index contributed by atoms with van der Waals surface area (Å²) in [7, 11) is -1.86. The number of nitrogens with one attached hydrogen (secondary N) is 2. The van der Waals surface area contributed by atoms with Crippen LogP contribution in [0, 0.1) is 0 Å². The van der Waals surface area contributed by atoms with E-state index in [1.54, 1.807) is 18.2 Å². The molecule has 0 saturated heterocycles. The van der Waals surface area contributed by atoms with Crippen molar-refractivity contribution in [3.05, 3.63) is 53.1 Å². The van der Waals surface area contributed by atoms with Gasteiger partial charge in [0.2, 0.25) is 10.0 Å². The predicted octanol–water partition coefficient (Wildman–Crippen LogP) is 2.97. The van der Waals surface area contributed by atoms with Crippen molar-refractivity contribution in [1.29, 1.82) is 0 Å². The Kier molecular flexibility index (Phi) is 5.12. The molecular weight excluding hydrogens is 340 g/mol. The minimum atomic E-state index is -3.35. The van der Waals surface area contributed by atoms with Crippen LogP contribution in [0.4, 0.5) is 11.4 Å². The molecule has 6 nitrogen and oxygen atoms in total. The molecule has 2 N–H and O–H groups in total. The molecular formula is C15H15ClN2O4S. The lowest BCUT2D eigenvalue weighted by molar-refractivity contribution is 0.102. The summed E-state index contributed by atoms with van der Waals surface area (Å²) in [4.78, 5) is 12.2. The largest absolute Gasteiger partial charge is 0.495 e. The van der Waals surface area contributed by atoms with Gasteiger partial charge in [0.15, 0.2) is 0 Å². The van der Waals surface area contributed by atoms with Crippen molar-refractivity contribution in [3.63, 3.8) is 0 Å². The van der Waals surface area contributed by atoms with Crippen molar-refractivity contribution < 1.29 is 17.9 Å². The number of ether oxygens (including phenoxy) is 1. The number of anilines is 2. The molecule has 2 aromatic carbocycles. The summed E-state index contributed by atoms with van der Waals surface area (Å²) < 4.78 is 29.8. The van der Waals surface area contributed by atoms with E-state index >= 15 is 0 Å². The van der Waals surface area contributed by atoms with Crippen LogP contribution in [0.3, 0.4) is 0 Å². The highest BCUT2D eigenvalue weighted by molar-refractivity contribution is 7.92. The summed E-state index contributed by atoms with van der Waals surface area (Å²) in [6.45, 7) is 0. The molecule has 0 aliphatic rings. The molecule has 0 aliphatic carbocycles. The number of rotatable bonds is 5.